The predicted octanol–water partition coefficient (Wildman–Crippen LogP) is 4.33. The Morgan fingerprint density at radius 3 is 2.85 bits per heavy atom. The largest absolute Gasteiger partial charge is 0.396 e. The molecule has 1 fully saturated rings. The summed E-state index contributed by atoms with van der Waals surface area (Å²) in [6.45, 7) is 0.118. The zero-order valence-corrected chi connectivity index (χ0v) is 15.3. The van der Waals surface area contributed by atoms with E-state index in [1.807, 2.05) is 29.1 Å². The predicted molar refractivity (Wildman–Crippen MR) is 104 cm³/mol. The van der Waals surface area contributed by atoms with E-state index >= 15 is 0 Å². The number of hydrogen-bond donors (Lipinski definition) is 1. The molecule has 2 aromatic heterocycles. The minimum Gasteiger partial charge on any atom is -0.396 e. The van der Waals surface area contributed by atoms with Gasteiger partial charge in [0.25, 0.3) is 0 Å². The van der Waals surface area contributed by atoms with Crippen molar-refractivity contribution in [2.24, 2.45) is 0 Å². The number of benzene rings is 1. The molecule has 0 bridgehead atoms. The summed E-state index contributed by atoms with van der Waals surface area (Å²) in [5.74, 6) is 1.12. The Labute approximate surface area is 158 Å². The average Bonchev–Trinajstić information content (AvgIpc) is 3.11. The van der Waals surface area contributed by atoms with Crippen LogP contribution in [-0.2, 0) is 6.42 Å². The molecule has 27 heavy (non-hydrogen) atoms. The van der Waals surface area contributed by atoms with Gasteiger partial charge < -0.3 is 9.94 Å². The van der Waals surface area contributed by atoms with Crippen LogP contribution in [0.5, 0.6) is 5.75 Å². The van der Waals surface area contributed by atoms with E-state index in [9.17, 15) is 10.4 Å². The van der Waals surface area contributed by atoms with E-state index in [-0.39, 0.29) is 6.61 Å². The molecule has 1 aliphatic carbocycles. The molecule has 4 rings (SSSR count). The summed E-state index contributed by atoms with van der Waals surface area (Å²) in [7, 11) is 0. The number of pyridine rings is 1. The molecule has 0 amide bonds. The first-order valence-electron chi connectivity index (χ1n) is 9.57. The number of aromatic nitrogens is 2. The molecule has 0 atom stereocenters. The van der Waals surface area contributed by atoms with Crippen molar-refractivity contribution < 1.29 is 9.94 Å². The van der Waals surface area contributed by atoms with Gasteiger partial charge in [0.15, 0.2) is 5.75 Å². The van der Waals surface area contributed by atoms with Gasteiger partial charge >= 0.3 is 0 Å². The summed E-state index contributed by atoms with van der Waals surface area (Å²) < 4.78 is 1.84. The van der Waals surface area contributed by atoms with Crippen molar-refractivity contribution in [3.63, 3.8) is 0 Å². The number of hydrogen-bond acceptors (Lipinski definition) is 4. The lowest BCUT2D eigenvalue weighted by Crippen LogP contribution is -2.14. The third-order valence-corrected chi connectivity index (χ3v) is 5.36. The molecular weight excluding hydrogens is 338 g/mol. The van der Waals surface area contributed by atoms with Crippen LogP contribution in [0.25, 0.3) is 10.8 Å². The molecule has 1 N–H and O–H groups in total. The van der Waals surface area contributed by atoms with Crippen molar-refractivity contribution >= 4 is 10.8 Å². The first kappa shape index (κ1) is 17.6. The molecule has 0 aliphatic heterocycles. The summed E-state index contributed by atoms with van der Waals surface area (Å²) >= 11 is 0. The SMILES string of the molecule is N#Cc1cncc2cccc(On3cc(CCO)cc3C3CCCCC3)c12. The topological polar surface area (TPSA) is 71.1 Å². The number of aliphatic hydroxyl groups excluding tert-OH is 1. The standard InChI is InChI=1S/C22H23N3O2/c23-12-19-14-24-13-18-7-4-8-21(22(18)19)27-25-15-16(9-10-26)11-20(25)17-5-2-1-3-6-17/h4,7-8,11,13-15,17,26H,1-3,5-6,9-10H2. The third kappa shape index (κ3) is 3.54. The normalized spacial score (nSPS) is 15.0. The van der Waals surface area contributed by atoms with E-state index in [1.54, 1.807) is 12.4 Å². The number of nitrogens with zero attached hydrogens (tertiary/aromatic N) is 3. The number of rotatable bonds is 5. The lowest BCUT2D eigenvalue weighted by Gasteiger charge is -2.23. The molecule has 5 nitrogen and oxygen atoms in total. The number of nitriles is 1. The van der Waals surface area contributed by atoms with E-state index in [0.29, 0.717) is 23.7 Å². The smallest absolute Gasteiger partial charge is 0.165 e. The van der Waals surface area contributed by atoms with E-state index in [4.69, 9.17) is 4.84 Å². The highest BCUT2D eigenvalue weighted by atomic mass is 16.7. The van der Waals surface area contributed by atoms with Gasteiger partial charge in [0.05, 0.1) is 11.3 Å². The van der Waals surface area contributed by atoms with E-state index in [2.05, 4.69) is 17.1 Å². The molecule has 1 aromatic carbocycles. The molecule has 1 aliphatic rings. The minimum atomic E-state index is 0.118. The second kappa shape index (κ2) is 7.81. The van der Waals surface area contributed by atoms with Crippen LogP contribution in [0.1, 0.15) is 54.8 Å². The second-order valence-electron chi connectivity index (χ2n) is 7.15. The maximum Gasteiger partial charge on any atom is 0.165 e. The molecule has 3 aromatic rings. The Morgan fingerprint density at radius 1 is 1.22 bits per heavy atom. The summed E-state index contributed by atoms with van der Waals surface area (Å²) in [6, 6.07) is 10.1. The molecule has 0 saturated heterocycles. The van der Waals surface area contributed by atoms with E-state index in [0.717, 1.165) is 34.9 Å². The quantitative estimate of drug-likeness (QED) is 0.734. The van der Waals surface area contributed by atoms with Gasteiger partial charge in [0, 0.05) is 41.9 Å². The van der Waals surface area contributed by atoms with E-state index < -0.39 is 0 Å². The monoisotopic (exact) mass is 361 g/mol. The Balaban J connectivity index is 1.76. The van der Waals surface area contributed by atoms with E-state index in [1.165, 1.54) is 19.3 Å². The van der Waals surface area contributed by atoms with Gasteiger partial charge in [-0.05, 0) is 37.0 Å². The zero-order chi connectivity index (χ0) is 18.6. The second-order valence-corrected chi connectivity index (χ2v) is 7.15. The molecule has 0 unspecified atom stereocenters. The summed E-state index contributed by atoms with van der Waals surface area (Å²) in [6.07, 6.45) is 12.0. The highest BCUT2D eigenvalue weighted by Gasteiger charge is 2.21. The molecule has 1 saturated carbocycles. The Morgan fingerprint density at radius 2 is 2.07 bits per heavy atom. The fourth-order valence-electron chi connectivity index (χ4n) is 4.02. The maximum atomic E-state index is 9.48. The van der Waals surface area contributed by atoms with Crippen molar-refractivity contribution in [1.82, 2.24) is 9.71 Å². The lowest BCUT2D eigenvalue weighted by atomic mass is 9.87. The van der Waals surface area contributed by atoms with Crippen molar-refractivity contribution in [3.8, 4) is 11.8 Å². The van der Waals surface area contributed by atoms with Crippen molar-refractivity contribution in [2.75, 3.05) is 6.61 Å². The summed E-state index contributed by atoms with van der Waals surface area (Å²) in [5, 5.41) is 20.5. The fraction of sp³-hybridized carbons (Fsp3) is 0.364. The van der Waals surface area contributed by atoms with Crippen LogP contribution >= 0.6 is 0 Å². The van der Waals surface area contributed by atoms with Crippen molar-refractivity contribution in [3.05, 3.63) is 59.7 Å². The van der Waals surface area contributed by atoms with Crippen LogP contribution in [0.3, 0.4) is 0 Å². The molecular formula is C22H23N3O2. The maximum absolute atomic E-state index is 9.48. The number of fused-ring (bicyclic) bond motifs is 1. The Bertz CT molecular complexity index is 976. The van der Waals surface area contributed by atoms with Gasteiger partial charge in [-0.15, -0.1) is 0 Å². The zero-order valence-electron chi connectivity index (χ0n) is 15.3. The highest BCUT2D eigenvalue weighted by Crippen LogP contribution is 2.35. The summed E-state index contributed by atoms with van der Waals surface area (Å²) in [4.78, 5) is 10.4. The minimum absolute atomic E-state index is 0.118. The molecule has 2 heterocycles. The average molecular weight is 361 g/mol. The van der Waals surface area contributed by atoms with Crippen LogP contribution in [0.4, 0.5) is 0 Å². The first-order chi connectivity index (χ1) is 13.3. The highest BCUT2D eigenvalue weighted by molar-refractivity contribution is 5.92. The Hall–Kier alpha value is -2.84. The van der Waals surface area contributed by atoms with Gasteiger partial charge in [0.2, 0.25) is 0 Å². The molecule has 138 valence electrons. The van der Waals surface area contributed by atoms with Crippen LogP contribution in [-0.4, -0.2) is 21.4 Å². The summed E-state index contributed by atoms with van der Waals surface area (Å²) in [5.41, 5.74) is 2.73. The molecule has 0 spiro atoms. The number of aliphatic hydroxyl groups is 1. The van der Waals surface area contributed by atoms with Crippen molar-refractivity contribution in [1.29, 1.82) is 5.26 Å². The van der Waals surface area contributed by atoms with Crippen LogP contribution < -0.4 is 4.84 Å². The van der Waals surface area contributed by atoms with Gasteiger partial charge in [-0.1, -0.05) is 31.4 Å². The fourth-order valence-corrected chi connectivity index (χ4v) is 4.02. The van der Waals surface area contributed by atoms with Gasteiger partial charge in [-0.3, -0.25) is 4.98 Å². The third-order valence-electron chi connectivity index (χ3n) is 5.36. The Kier molecular flexibility index (Phi) is 5.08. The van der Waals surface area contributed by atoms with Gasteiger partial charge in [-0.25, -0.2) is 0 Å². The first-order valence-corrected chi connectivity index (χ1v) is 9.57. The lowest BCUT2D eigenvalue weighted by molar-refractivity contribution is 0.200. The van der Waals surface area contributed by atoms with Crippen LogP contribution in [0.2, 0.25) is 0 Å². The van der Waals surface area contributed by atoms with Gasteiger partial charge in [0.1, 0.15) is 6.07 Å². The molecule has 0 radical (unpaired) electrons. The molecule has 5 heteroatoms. The van der Waals surface area contributed by atoms with Crippen LogP contribution in [0.15, 0.2) is 42.9 Å². The van der Waals surface area contributed by atoms with Crippen molar-refractivity contribution in [2.45, 2.75) is 44.4 Å². The van der Waals surface area contributed by atoms with Gasteiger partial charge in [-0.2, -0.15) is 9.99 Å². The van der Waals surface area contributed by atoms with Crippen LogP contribution in [0, 0.1) is 11.3 Å².